The van der Waals surface area contributed by atoms with Crippen molar-refractivity contribution in [3.63, 3.8) is 0 Å². The van der Waals surface area contributed by atoms with Gasteiger partial charge in [-0.15, -0.1) is 0 Å². The number of nitrogens with zero attached hydrogens (tertiary/aromatic N) is 1. The number of carbonyl (C=O) groups excluding carboxylic acids is 4. The summed E-state index contributed by atoms with van der Waals surface area (Å²) in [5, 5.41) is 9.17. The number of esters is 1. The molecule has 3 aromatic rings. The number of hydrogen-bond acceptors (Lipinski definition) is 7. The van der Waals surface area contributed by atoms with Crippen molar-refractivity contribution in [1.29, 1.82) is 0 Å². The fourth-order valence-electron chi connectivity index (χ4n) is 7.80. The second-order valence-electron chi connectivity index (χ2n) is 12.8. The highest BCUT2D eigenvalue weighted by atomic mass is 16.5. The van der Waals surface area contributed by atoms with Gasteiger partial charge in [-0.05, 0) is 94.2 Å². The molecule has 2 aromatic heterocycles. The fraction of sp³-hybridized carbons (Fsp3) is 0.417. The number of furan rings is 1. The van der Waals surface area contributed by atoms with Crippen molar-refractivity contribution < 1.29 is 28.3 Å². The van der Waals surface area contributed by atoms with Crippen LogP contribution in [0.15, 0.2) is 75.7 Å². The number of pyridine rings is 1. The van der Waals surface area contributed by atoms with Crippen molar-refractivity contribution in [2.75, 3.05) is 11.9 Å². The van der Waals surface area contributed by atoms with Gasteiger partial charge < -0.3 is 29.7 Å². The van der Waals surface area contributed by atoms with Gasteiger partial charge in [0.05, 0.1) is 6.61 Å². The largest absolute Gasteiger partial charge is 0.463 e. The number of hydrogen-bond donors (Lipinski definition) is 3. The molecule has 0 radical (unpaired) electrons. The summed E-state index contributed by atoms with van der Waals surface area (Å²) in [6.07, 6.45) is 11.7. The number of aryl methyl sites for hydroxylation is 1. The SMILES string of the molecule is CCOC(=O)/C=C/C/C=C(/NC(=O)c1oc2ccccc2c1C)C(=O)Nc1cccn(CC(=O)NC2C3CC4CC(C3)CC2C4)c1=O. The molecular weight excluding hydrogens is 600 g/mol. The van der Waals surface area contributed by atoms with Gasteiger partial charge in [-0.25, -0.2) is 4.79 Å². The Morgan fingerprint density at radius 3 is 2.43 bits per heavy atom. The summed E-state index contributed by atoms with van der Waals surface area (Å²) >= 11 is 0. The molecule has 4 aliphatic rings. The molecule has 11 heteroatoms. The van der Waals surface area contributed by atoms with Crippen LogP contribution >= 0.6 is 0 Å². The summed E-state index contributed by atoms with van der Waals surface area (Å²) in [7, 11) is 0. The maximum atomic E-state index is 13.5. The highest BCUT2D eigenvalue weighted by Crippen LogP contribution is 2.53. The third-order valence-electron chi connectivity index (χ3n) is 9.68. The second-order valence-corrected chi connectivity index (χ2v) is 12.8. The van der Waals surface area contributed by atoms with Gasteiger partial charge in [0.15, 0.2) is 5.76 Å². The van der Waals surface area contributed by atoms with E-state index in [0.717, 1.165) is 17.2 Å². The Morgan fingerprint density at radius 2 is 1.72 bits per heavy atom. The van der Waals surface area contributed by atoms with Crippen LogP contribution in [0.2, 0.25) is 0 Å². The van der Waals surface area contributed by atoms with Crippen molar-refractivity contribution in [3.8, 4) is 0 Å². The molecule has 11 nitrogen and oxygen atoms in total. The Kier molecular flexibility index (Phi) is 9.42. The van der Waals surface area contributed by atoms with E-state index in [4.69, 9.17) is 9.15 Å². The molecule has 4 fully saturated rings. The highest BCUT2D eigenvalue weighted by Gasteiger charge is 2.48. The molecule has 7 rings (SSSR count). The van der Waals surface area contributed by atoms with Crippen LogP contribution < -0.4 is 21.5 Å². The molecule has 4 saturated carbocycles. The Hall–Kier alpha value is -4.93. The van der Waals surface area contributed by atoms with Crippen molar-refractivity contribution in [2.24, 2.45) is 23.7 Å². The van der Waals surface area contributed by atoms with Gasteiger partial charge in [0.2, 0.25) is 5.91 Å². The number of ether oxygens (including phenoxy) is 1. The number of para-hydroxylation sites is 1. The highest BCUT2D eigenvalue weighted by molar-refractivity contribution is 6.08. The number of aromatic nitrogens is 1. The molecule has 0 spiro atoms. The van der Waals surface area contributed by atoms with Gasteiger partial charge in [-0.3, -0.25) is 19.2 Å². The average Bonchev–Trinajstić information content (AvgIpc) is 3.38. The Bertz CT molecular complexity index is 1790. The van der Waals surface area contributed by atoms with Crippen molar-refractivity contribution >= 4 is 40.3 Å². The van der Waals surface area contributed by atoms with Gasteiger partial charge in [0.25, 0.3) is 17.4 Å². The van der Waals surface area contributed by atoms with Crippen LogP contribution in [0.1, 0.15) is 61.6 Å². The predicted molar refractivity (Wildman–Crippen MR) is 175 cm³/mol. The van der Waals surface area contributed by atoms with Crippen LogP contribution in [-0.2, 0) is 25.7 Å². The van der Waals surface area contributed by atoms with Crippen LogP contribution in [0.5, 0.6) is 0 Å². The lowest BCUT2D eigenvalue weighted by molar-refractivity contribution is -0.137. The van der Waals surface area contributed by atoms with Crippen LogP contribution in [0.25, 0.3) is 11.0 Å². The quantitative estimate of drug-likeness (QED) is 0.205. The van der Waals surface area contributed by atoms with Gasteiger partial charge >= 0.3 is 5.97 Å². The summed E-state index contributed by atoms with van der Waals surface area (Å²) in [4.78, 5) is 65.0. The first-order valence-electron chi connectivity index (χ1n) is 16.3. The molecule has 0 saturated heterocycles. The minimum absolute atomic E-state index is 0.0409. The standard InChI is InChI=1S/C36H40N4O7/c1-3-46-31(42)13-7-5-10-27(37-35(44)33-21(2)26-9-4-6-12-29(26)47-33)34(43)38-28-11-8-14-40(36(28)45)20-30(41)39-32-24-16-22-15-23(18-24)19-25(32)17-22/h4,6-14,22-25,32H,3,5,15-20H2,1-2H3,(H,37,44)(H,38,43)(H,39,41)/b13-7+,27-10+. The monoisotopic (exact) mass is 640 g/mol. The molecule has 1 aromatic carbocycles. The van der Waals surface area contributed by atoms with Crippen LogP contribution in [0, 0.1) is 30.6 Å². The summed E-state index contributed by atoms with van der Waals surface area (Å²) in [5.74, 6) is 0.454. The number of amides is 3. The van der Waals surface area contributed by atoms with E-state index in [9.17, 15) is 24.0 Å². The zero-order chi connectivity index (χ0) is 33.1. The molecule has 4 aliphatic carbocycles. The third-order valence-corrected chi connectivity index (χ3v) is 9.68. The second kappa shape index (κ2) is 13.8. The lowest BCUT2D eigenvalue weighted by Crippen LogP contribution is -2.56. The van der Waals surface area contributed by atoms with Crippen LogP contribution in [0.3, 0.4) is 0 Å². The van der Waals surface area contributed by atoms with Gasteiger partial charge in [0.1, 0.15) is 23.5 Å². The summed E-state index contributed by atoms with van der Waals surface area (Å²) in [5.41, 5.74) is 0.375. The summed E-state index contributed by atoms with van der Waals surface area (Å²) in [6, 6.07) is 10.4. The molecule has 0 atom stereocenters. The number of allylic oxidation sites excluding steroid dienone is 2. The molecular formula is C36H40N4O7. The first kappa shape index (κ1) is 32.0. The first-order chi connectivity index (χ1) is 22.7. The first-order valence-corrected chi connectivity index (χ1v) is 16.3. The normalized spacial score (nSPS) is 23.2. The fourth-order valence-corrected chi connectivity index (χ4v) is 7.80. The Morgan fingerprint density at radius 1 is 1.00 bits per heavy atom. The molecule has 2 heterocycles. The van der Waals surface area contributed by atoms with Crippen LogP contribution in [-0.4, -0.2) is 40.9 Å². The van der Waals surface area contributed by atoms with Gasteiger partial charge in [-0.2, -0.15) is 0 Å². The topological polar surface area (TPSA) is 149 Å². The zero-order valence-corrected chi connectivity index (χ0v) is 26.6. The van der Waals surface area contributed by atoms with E-state index in [-0.39, 0.29) is 48.7 Å². The van der Waals surface area contributed by atoms with Crippen molar-refractivity contribution in [3.05, 3.63) is 88.2 Å². The lowest BCUT2D eigenvalue weighted by atomic mass is 9.54. The van der Waals surface area contributed by atoms with E-state index in [2.05, 4.69) is 16.0 Å². The molecule has 246 valence electrons. The number of rotatable bonds is 11. The van der Waals surface area contributed by atoms with Crippen molar-refractivity contribution in [1.82, 2.24) is 15.2 Å². The smallest absolute Gasteiger partial charge is 0.330 e. The Labute approximate surface area is 272 Å². The van der Waals surface area contributed by atoms with E-state index in [1.807, 2.05) is 12.1 Å². The lowest BCUT2D eigenvalue weighted by Gasteiger charge is -2.54. The maximum Gasteiger partial charge on any atom is 0.330 e. The van der Waals surface area contributed by atoms with E-state index in [1.165, 1.54) is 67.2 Å². The number of carbonyl (C=O) groups is 4. The number of fused-ring (bicyclic) bond motifs is 1. The minimum atomic E-state index is -0.760. The third kappa shape index (κ3) is 7.08. The maximum absolute atomic E-state index is 13.5. The van der Waals surface area contributed by atoms with E-state index < -0.39 is 23.3 Å². The zero-order valence-electron chi connectivity index (χ0n) is 26.6. The summed E-state index contributed by atoms with van der Waals surface area (Å²) < 4.78 is 11.9. The molecule has 4 bridgehead atoms. The molecule has 0 aliphatic heterocycles. The van der Waals surface area contributed by atoms with Crippen molar-refractivity contribution in [2.45, 2.75) is 65.0 Å². The molecule has 0 unspecified atom stereocenters. The van der Waals surface area contributed by atoms with E-state index in [0.29, 0.717) is 23.0 Å². The minimum Gasteiger partial charge on any atom is -0.463 e. The number of anilines is 1. The van der Waals surface area contributed by atoms with Gasteiger partial charge in [0, 0.05) is 29.3 Å². The van der Waals surface area contributed by atoms with E-state index in [1.54, 1.807) is 32.0 Å². The molecule has 3 N–H and O–H groups in total. The van der Waals surface area contributed by atoms with Crippen LogP contribution in [0.4, 0.5) is 5.69 Å². The number of benzene rings is 1. The van der Waals surface area contributed by atoms with Gasteiger partial charge in [-0.1, -0.05) is 30.4 Å². The van der Waals surface area contributed by atoms with E-state index >= 15 is 0 Å². The molecule has 47 heavy (non-hydrogen) atoms. The predicted octanol–water partition coefficient (Wildman–Crippen LogP) is 4.61. The average molecular weight is 641 g/mol. The number of nitrogens with one attached hydrogen (secondary N) is 3. The molecule has 3 amide bonds. The Balaban J connectivity index is 1.16. The summed E-state index contributed by atoms with van der Waals surface area (Å²) in [6.45, 7) is 3.49.